The number of hydrogen-bond acceptors (Lipinski definition) is 4. The molecular weight excluding hydrogens is 486 g/mol. The van der Waals surface area contributed by atoms with E-state index < -0.39 is 0 Å². The maximum atomic E-state index is 13.7. The number of carbonyl (C=O) groups is 2. The van der Waals surface area contributed by atoms with E-state index in [4.69, 9.17) is 21.1 Å². The minimum atomic E-state index is -0.321. The zero-order chi connectivity index (χ0) is 26.9. The number of halogens is 1. The van der Waals surface area contributed by atoms with Gasteiger partial charge in [0.05, 0.1) is 13.2 Å². The molecule has 1 N–H and O–H groups in total. The predicted molar refractivity (Wildman–Crippen MR) is 148 cm³/mol. The second kappa shape index (κ2) is 13.3. The summed E-state index contributed by atoms with van der Waals surface area (Å²) in [6, 6.07) is 19.1. The fourth-order valence-electron chi connectivity index (χ4n) is 4.39. The van der Waals surface area contributed by atoms with Crippen molar-refractivity contribution in [3.8, 4) is 5.75 Å². The lowest BCUT2D eigenvalue weighted by Gasteiger charge is -2.23. The van der Waals surface area contributed by atoms with Crippen LogP contribution in [0.15, 0.2) is 60.7 Å². The molecule has 0 saturated carbocycles. The lowest BCUT2D eigenvalue weighted by atomic mass is 9.93. The van der Waals surface area contributed by atoms with Crippen LogP contribution < -0.4 is 10.1 Å². The van der Waals surface area contributed by atoms with E-state index in [1.54, 1.807) is 6.07 Å². The zero-order valence-corrected chi connectivity index (χ0v) is 23.0. The fraction of sp³-hybridized carbons (Fsp3) is 0.355. The molecule has 1 unspecified atom stereocenters. The Morgan fingerprint density at radius 2 is 1.65 bits per heavy atom. The van der Waals surface area contributed by atoms with E-state index in [0.29, 0.717) is 28.7 Å². The molecule has 6 heteroatoms. The van der Waals surface area contributed by atoms with Crippen LogP contribution in [-0.4, -0.2) is 19.0 Å². The maximum absolute atomic E-state index is 13.7. The van der Waals surface area contributed by atoms with Crippen molar-refractivity contribution < 1.29 is 19.1 Å². The molecule has 3 rings (SSSR count). The summed E-state index contributed by atoms with van der Waals surface area (Å²) in [5.41, 5.74) is 5.51. The minimum Gasteiger partial charge on any atom is -0.489 e. The Hall–Kier alpha value is -3.31. The highest BCUT2D eigenvalue weighted by Gasteiger charge is 2.21. The van der Waals surface area contributed by atoms with E-state index in [-0.39, 0.29) is 30.9 Å². The van der Waals surface area contributed by atoms with Gasteiger partial charge in [-0.15, -0.1) is 0 Å². The van der Waals surface area contributed by atoms with Gasteiger partial charge in [-0.05, 0) is 61.9 Å². The van der Waals surface area contributed by atoms with E-state index in [9.17, 15) is 9.59 Å². The molecule has 3 aromatic rings. The second-order valence-electron chi connectivity index (χ2n) is 9.85. The van der Waals surface area contributed by atoms with Crippen molar-refractivity contribution in [3.63, 3.8) is 0 Å². The minimum absolute atomic E-state index is 0.146. The van der Waals surface area contributed by atoms with Gasteiger partial charge in [0.2, 0.25) is 0 Å². The summed E-state index contributed by atoms with van der Waals surface area (Å²) in [7, 11) is 1.36. The molecular formula is C31H36ClNO4. The summed E-state index contributed by atoms with van der Waals surface area (Å²) < 4.78 is 10.8. The van der Waals surface area contributed by atoms with Crippen molar-refractivity contribution in [3.05, 3.63) is 99.1 Å². The van der Waals surface area contributed by atoms with Gasteiger partial charge in [0, 0.05) is 22.6 Å². The highest BCUT2D eigenvalue weighted by Crippen LogP contribution is 2.27. The SMILES string of the molecule is COC(=O)CCc1ccc(OCc2ccccc2Cl)cc1C(=O)NC(CC(C)C)c1cc(C)cc(C)c1. The summed E-state index contributed by atoms with van der Waals surface area (Å²) in [6.45, 7) is 8.70. The van der Waals surface area contributed by atoms with Gasteiger partial charge >= 0.3 is 5.97 Å². The van der Waals surface area contributed by atoms with Gasteiger partial charge in [0.25, 0.3) is 5.91 Å². The monoisotopic (exact) mass is 521 g/mol. The molecule has 0 aromatic heterocycles. The smallest absolute Gasteiger partial charge is 0.305 e. The fourth-order valence-corrected chi connectivity index (χ4v) is 4.58. The predicted octanol–water partition coefficient (Wildman–Crippen LogP) is 7.16. The van der Waals surface area contributed by atoms with E-state index >= 15 is 0 Å². The summed E-state index contributed by atoms with van der Waals surface area (Å²) in [4.78, 5) is 25.5. The third-order valence-corrected chi connectivity index (χ3v) is 6.53. The molecule has 3 aromatic carbocycles. The Balaban J connectivity index is 1.90. The van der Waals surface area contributed by atoms with Crippen molar-refractivity contribution in [2.45, 2.75) is 59.6 Å². The van der Waals surface area contributed by atoms with Crippen LogP contribution in [0.5, 0.6) is 5.75 Å². The number of nitrogens with one attached hydrogen (secondary N) is 1. The molecule has 37 heavy (non-hydrogen) atoms. The molecule has 0 aliphatic heterocycles. The molecule has 0 aliphatic carbocycles. The van der Waals surface area contributed by atoms with Crippen molar-refractivity contribution in [1.82, 2.24) is 5.32 Å². The first-order valence-electron chi connectivity index (χ1n) is 12.6. The van der Waals surface area contributed by atoms with E-state index in [0.717, 1.165) is 34.2 Å². The average Bonchev–Trinajstić information content (AvgIpc) is 2.85. The van der Waals surface area contributed by atoms with Gasteiger partial charge in [-0.3, -0.25) is 9.59 Å². The third kappa shape index (κ3) is 8.36. The Morgan fingerprint density at radius 1 is 0.946 bits per heavy atom. The Morgan fingerprint density at radius 3 is 2.30 bits per heavy atom. The lowest BCUT2D eigenvalue weighted by Crippen LogP contribution is -2.30. The summed E-state index contributed by atoms with van der Waals surface area (Å²) >= 11 is 6.27. The van der Waals surface area contributed by atoms with Crippen molar-refractivity contribution in [1.29, 1.82) is 0 Å². The number of rotatable bonds is 11. The number of amides is 1. The third-order valence-electron chi connectivity index (χ3n) is 6.16. The van der Waals surface area contributed by atoms with Gasteiger partial charge in [-0.1, -0.05) is 79.0 Å². The van der Waals surface area contributed by atoms with E-state index in [1.165, 1.54) is 7.11 Å². The van der Waals surface area contributed by atoms with Crippen LogP contribution in [0.4, 0.5) is 0 Å². The molecule has 1 amide bonds. The number of benzene rings is 3. The summed E-state index contributed by atoms with van der Waals surface area (Å²) in [5.74, 6) is 0.417. The number of methoxy groups -OCH3 is 1. The molecule has 0 spiro atoms. The quantitative estimate of drug-likeness (QED) is 0.272. The molecule has 0 bridgehead atoms. The van der Waals surface area contributed by atoms with E-state index in [1.807, 2.05) is 36.4 Å². The number of hydrogen-bond donors (Lipinski definition) is 1. The molecule has 5 nitrogen and oxygen atoms in total. The lowest BCUT2D eigenvalue weighted by molar-refractivity contribution is -0.140. The maximum Gasteiger partial charge on any atom is 0.305 e. The van der Waals surface area contributed by atoms with Gasteiger partial charge in [0.15, 0.2) is 0 Å². The van der Waals surface area contributed by atoms with Gasteiger partial charge < -0.3 is 14.8 Å². The van der Waals surface area contributed by atoms with Crippen LogP contribution in [0.1, 0.15) is 70.9 Å². The molecule has 196 valence electrons. The molecule has 0 heterocycles. The van der Waals surface area contributed by atoms with Crippen LogP contribution >= 0.6 is 11.6 Å². The first-order valence-corrected chi connectivity index (χ1v) is 13.0. The number of esters is 1. The van der Waals surface area contributed by atoms with Crippen LogP contribution in [0.3, 0.4) is 0 Å². The largest absolute Gasteiger partial charge is 0.489 e. The van der Waals surface area contributed by atoms with E-state index in [2.05, 4.69) is 51.2 Å². The number of carbonyl (C=O) groups excluding carboxylic acids is 2. The van der Waals surface area contributed by atoms with Crippen LogP contribution in [0.25, 0.3) is 0 Å². The Bertz CT molecular complexity index is 1220. The zero-order valence-electron chi connectivity index (χ0n) is 22.3. The summed E-state index contributed by atoms with van der Waals surface area (Å²) in [6.07, 6.45) is 1.37. The van der Waals surface area contributed by atoms with Crippen molar-refractivity contribution in [2.24, 2.45) is 5.92 Å². The first-order chi connectivity index (χ1) is 17.7. The normalized spacial score (nSPS) is 11.8. The second-order valence-corrected chi connectivity index (χ2v) is 10.3. The van der Waals surface area contributed by atoms with Crippen LogP contribution in [0, 0.1) is 19.8 Å². The van der Waals surface area contributed by atoms with Crippen LogP contribution in [-0.2, 0) is 22.6 Å². The molecule has 1 atom stereocenters. The molecule has 0 fully saturated rings. The molecule has 0 radical (unpaired) electrons. The standard InChI is InChI=1S/C31H36ClNO4/c1-20(2)14-29(25-16-21(3)15-22(4)17-25)33-31(35)27-18-26(12-10-23(27)11-13-30(34)36-5)37-19-24-8-6-7-9-28(24)32/h6-10,12,15-18,20,29H,11,13-14,19H2,1-5H3,(H,33,35). The van der Waals surface area contributed by atoms with Crippen LogP contribution in [0.2, 0.25) is 5.02 Å². The average molecular weight is 522 g/mol. The van der Waals surface area contributed by atoms with Gasteiger partial charge in [-0.2, -0.15) is 0 Å². The molecule has 0 aliphatic rings. The number of ether oxygens (including phenoxy) is 2. The van der Waals surface area contributed by atoms with Crippen molar-refractivity contribution in [2.75, 3.05) is 7.11 Å². The number of aryl methyl sites for hydroxylation is 3. The van der Waals surface area contributed by atoms with Gasteiger partial charge in [-0.25, -0.2) is 0 Å². The Labute approximate surface area is 225 Å². The molecule has 0 saturated heterocycles. The van der Waals surface area contributed by atoms with Crippen molar-refractivity contribution >= 4 is 23.5 Å². The Kier molecular flexibility index (Phi) is 10.2. The highest BCUT2D eigenvalue weighted by atomic mass is 35.5. The topological polar surface area (TPSA) is 64.6 Å². The highest BCUT2D eigenvalue weighted by molar-refractivity contribution is 6.31. The first kappa shape index (κ1) is 28.3. The summed E-state index contributed by atoms with van der Waals surface area (Å²) in [5, 5.41) is 3.88. The van der Waals surface area contributed by atoms with Gasteiger partial charge in [0.1, 0.15) is 12.4 Å².